The van der Waals surface area contributed by atoms with Crippen LogP contribution < -0.4 is 4.74 Å². The molecule has 76 valence electrons. The van der Waals surface area contributed by atoms with Crippen molar-refractivity contribution in [1.82, 2.24) is 0 Å². The Labute approximate surface area is 82.6 Å². The van der Waals surface area contributed by atoms with Gasteiger partial charge in [-0.3, -0.25) is 0 Å². The van der Waals surface area contributed by atoms with E-state index in [0.29, 0.717) is 18.3 Å². The Bertz CT molecular complexity index is 304. The van der Waals surface area contributed by atoms with Gasteiger partial charge in [0, 0.05) is 0 Å². The number of methoxy groups -OCH3 is 1. The van der Waals surface area contributed by atoms with Gasteiger partial charge in [-0.1, -0.05) is 12.1 Å². The van der Waals surface area contributed by atoms with Crippen molar-refractivity contribution in [3.8, 4) is 5.75 Å². The van der Waals surface area contributed by atoms with Crippen molar-refractivity contribution in [2.45, 2.75) is 6.42 Å². The summed E-state index contributed by atoms with van der Waals surface area (Å²) in [6.07, 6.45) is 0.876. The Morgan fingerprint density at radius 2 is 2.07 bits per heavy atom. The lowest BCUT2D eigenvalue weighted by Gasteiger charge is -2.04. The van der Waals surface area contributed by atoms with Gasteiger partial charge in [0.25, 0.3) is 0 Å². The van der Waals surface area contributed by atoms with Gasteiger partial charge in [-0.15, -0.1) is 0 Å². The van der Waals surface area contributed by atoms with E-state index >= 15 is 0 Å². The quantitative estimate of drug-likeness (QED) is 0.798. The van der Waals surface area contributed by atoms with Crippen molar-refractivity contribution >= 4 is 0 Å². The molecule has 3 heteroatoms. The van der Waals surface area contributed by atoms with Gasteiger partial charge in [-0.05, 0) is 29.7 Å². The van der Waals surface area contributed by atoms with Crippen molar-refractivity contribution in [2.75, 3.05) is 13.7 Å². The van der Waals surface area contributed by atoms with Crippen LogP contribution in [0.1, 0.15) is 5.56 Å². The highest BCUT2D eigenvalue weighted by Crippen LogP contribution is 2.14. The molecule has 1 rings (SSSR count). The van der Waals surface area contributed by atoms with Gasteiger partial charge >= 0.3 is 0 Å². The Morgan fingerprint density at radius 1 is 1.43 bits per heavy atom. The summed E-state index contributed by atoms with van der Waals surface area (Å²) in [7, 11) is 1.59. The Hall–Kier alpha value is -1.35. The van der Waals surface area contributed by atoms with Crippen LogP contribution in [0.2, 0.25) is 0 Å². The van der Waals surface area contributed by atoms with E-state index in [0.717, 1.165) is 11.3 Å². The summed E-state index contributed by atoms with van der Waals surface area (Å²) < 4.78 is 17.1. The molecule has 14 heavy (non-hydrogen) atoms. The molecule has 0 aliphatic rings. The van der Waals surface area contributed by atoms with E-state index in [2.05, 4.69) is 0 Å². The highest BCUT2D eigenvalue weighted by Gasteiger charge is 1.99. The summed E-state index contributed by atoms with van der Waals surface area (Å²) in [5, 5.41) is 8.76. The number of hydrogen-bond donors (Lipinski definition) is 1. The highest BCUT2D eigenvalue weighted by atomic mass is 19.1. The fourth-order valence-corrected chi connectivity index (χ4v) is 1.13. The number of benzene rings is 1. The lowest BCUT2D eigenvalue weighted by atomic mass is 10.1. The van der Waals surface area contributed by atoms with E-state index in [1.165, 1.54) is 0 Å². The first-order valence-electron chi connectivity index (χ1n) is 4.32. The number of hydrogen-bond acceptors (Lipinski definition) is 2. The highest BCUT2D eigenvalue weighted by molar-refractivity contribution is 5.29. The Balaban J connectivity index is 2.68. The van der Waals surface area contributed by atoms with Gasteiger partial charge < -0.3 is 9.84 Å². The zero-order chi connectivity index (χ0) is 10.4. The van der Waals surface area contributed by atoms with Crippen LogP contribution in [0.25, 0.3) is 0 Å². The normalized spacial score (nSPS) is 11.5. The maximum atomic E-state index is 12.1. The van der Waals surface area contributed by atoms with Gasteiger partial charge in [0.05, 0.1) is 20.0 Å². The van der Waals surface area contributed by atoms with Crippen molar-refractivity contribution in [1.29, 1.82) is 0 Å². The van der Waals surface area contributed by atoms with Crippen LogP contribution in [0.15, 0.2) is 36.2 Å². The number of rotatable bonds is 4. The molecule has 0 aromatic heterocycles. The predicted molar refractivity (Wildman–Crippen MR) is 53.0 cm³/mol. The Morgan fingerprint density at radius 3 is 2.50 bits per heavy atom. The minimum absolute atomic E-state index is 0.247. The van der Waals surface area contributed by atoms with Crippen molar-refractivity contribution in [3.63, 3.8) is 0 Å². The molecule has 0 aliphatic carbocycles. The molecule has 0 saturated heterocycles. The lowest BCUT2D eigenvalue weighted by molar-refractivity contribution is 0.325. The zero-order valence-corrected chi connectivity index (χ0v) is 8.03. The molecule has 0 atom stereocenters. The van der Waals surface area contributed by atoms with Gasteiger partial charge in [0.15, 0.2) is 0 Å². The third-order valence-electron chi connectivity index (χ3n) is 1.95. The number of aliphatic hydroxyl groups is 1. The molecular weight excluding hydrogens is 183 g/mol. The minimum Gasteiger partial charge on any atom is -0.497 e. The monoisotopic (exact) mass is 196 g/mol. The maximum Gasteiger partial charge on any atom is 0.118 e. The molecule has 0 radical (unpaired) electrons. The van der Waals surface area contributed by atoms with Crippen molar-refractivity contribution in [2.24, 2.45) is 0 Å². The smallest absolute Gasteiger partial charge is 0.118 e. The van der Waals surface area contributed by atoms with E-state index in [9.17, 15) is 4.39 Å². The van der Waals surface area contributed by atoms with Crippen LogP contribution in [0.4, 0.5) is 4.39 Å². The van der Waals surface area contributed by atoms with Crippen molar-refractivity contribution in [3.05, 3.63) is 41.7 Å². The maximum absolute atomic E-state index is 12.1. The summed E-state index contributed by atoms with van der Waals surface area (Å²) in [5.74, 6) is 0.767. The molecule has 0 unspecified atom stereocenters. The lowest BCUT2D eigenvalue weighted by Crippen LogP contribution is -1.95. The van der Waals surface area contributed by atoms with E-state index in [4.69, 9.17) is 9.84 Å². The molecule has 1 aromatic rings. The van der Waals surface area contributed by atoms with Crippen molar-refractivity contribution < 1.29 is 14.2 Å². The van der Waals surface area contributed by atoms with E-state index in [1.54, 1.807) is 7.11 Å². The van der Waals surface area contributed by atoms with Gasteiger partial charge in [0.2, 0.25) is 0 Å². The second kappa shape index (κ2) is 5.40. The summed E-state index contributed by atoms with van der Waals surface area (Å²) in [5.41, 5.74) is 1.32. The fraction of sp³-hybridized carbons (Fsp3) is 0.273. The largest absolute Gasteiger partial charge is 0.497 e. The molecule has 0 bridgehead atoms. The van der Waals surface area contributed by atoms with Gasteiger partial charge in [-0.2, -0.15) is 0 Å². The van der Waals surface area contributed by atoms with E-state index in [1.807, 2.05) is 24.3 Å². The molecule has 0 amide bonds. The first-order chi connectivity index (χ1) is 6.80. The minimum atomic E-state index is -0.247. The first kappa shape index (κ1) is 10.7. The third kappa shape index (κ3) is 2.85. The number of aliphatic hydroxyl groups excluding tert-OH is 1. The zero-order valence-electron chi connectivity index (χ0n) is 8.03. The second-order valence-electron chi connectivity index (χ2n) is 2.95. The molecule has 1 aromatic carbocycles. The summed E-state index contributed by atoms with van der Waals surface area (Å²) >= 11 is 0. The molecule has 2 nitrogen and oxygen atoms in total. The van der Waals surface area contributed by atoms with Crippen LogP contribution in [0, 0.1) is 0 Å². The van der Waals surface area contributed by atoms with Gasteiger partial charge in [-0.25, -0.2) is 4.39 Å². The molecular formula is C11H13FO2. The number of ether oxygens (including phenoxy) is 1. The SMILES string of the molecule is COc1ccc(CC(=CF)CO)cc1. The topological polar surface area (TPSA) is 29.5 Å². The third-order valence-corrected chi connectivity index (χ3v) is 1.95. The number of halogens is 1. The van der Waals surface area contributed by atoms with Crippen LogP contribution >= 0.6 is 0 Å². The molecule has 0 saturated carbocycles. The van der Waals surface area contributed by atoms with Crippen LogP contribution in [0.3, 0.4) is 0 Å². The predicted octanol–water partition coefficient (Wildman–Crippen LogP) is 2.08. The second-order valence-corrected chi connectivity index (χ2v) is 2.95. The van der Waals surface area contributed by atoms with Crippen LogP contribution in [0.5, 0.6) is 5.75 Å². The van der Waals surface area contributed by atoms with Crippen LogP contribution in [-0.4, -0.2) is 18.8 Å². The average molecular weight is 196 g/mol. The Kier molecular flexibility index (Phi) is 4.13. The average Bonchev–Trinajstić information content (AvgIpc) is 2.26. The molecule has 0 heterocycles. The molecule has 1 N–H and O–H groups in total. The molecule has 0 fully saturated rings. The fourth-order valence-electron chi connectivity index (χ4n) is 1.13. The van der Waals surface area contributed by atoms with E-state index in [-0.39, 0.29) is 6.61 Å². The summed E-state index contributed by atoms with van der Waals surface area (Å²) in [4.78, 5) is 0. The summed E-state index contributed by atoms with van der Waals surface area (Å²) in [6, 6.07) is 7.31. The van der Waals surface area contributed by atoms with Crippen LogP contribution in [-0.2, 0) is 6.42 Å². The van der Waals surface area contributed by atoms with Gasteiger partial charge in [0.1, 0.15) is 5.75 Å². The molecule has 0 spiro atoms. The first-order valence-corrected chi connectivity index (χ1v) is 4.32. The summed E-state index contributed by atoms with van der Waals surface area (Å²) in [6.45, 7) is -0.247. The van der Waals surface area contributed by atoms with E-state index < -0.39 is 0 Å². The standard InChI is InChI=1S/C11H13FO2/c1-14-11-4-2-9(3-5-11)6-10(7-12)8-13/h2-5,7,13H,6,8H2,1H3. The molecule has 0 aliphatic heterocycles.